The van der Waals surface area contributed by atoms with Crippen LogP contribution in [0.15, 0.2) is 24.3 Å². The zero-order chi connectivity index (χ0) is 13.8. The van der Waals surface area contributed by atoms with E-state index in [1.54, 1.807) is 12.1 Å². The van der Waals surface area contributed by atoms with Crippen LogP contribution in [-0.4, -0.2) is 17.8 Å². The summed E-state index contributed by atoms with van der Waals surface area (Å²) in [6, 6.07) is 5.66. The molecule has 0 spiro atoms. The molecule has 1 saturated carbocycles. The molecule has 0 unspecified atom stereocenters. The van der Waals surface area contributed by atoms with Crippen molar-refractivity contribution < 1.29 is 18.6 Å². The second-order valence-electron chi connectivity index (χ2n) is 5.01. The number of alkyl halides is 2. The Morgan fingerprint density at radius 1 is 1.16 bits per heavy atom. The molecule has 0 aromatic heterocycles. The molecule has 1 aromatic carbocycles. The van der Waals surface area contributed by atoms with Gasteiger partial charge >= 0.3 is 6.61 Å². The van der Waals surface area contributed by atoms with Gasteiger partial charge in [0, 0.05) is 0 Å². The van der Waals surface area contributed by atoms with Gasteiger partial charge in [-0.15, -0.1) is 0 Å². The molecule has 1 aromatic rings. The second-order valence-corrected chi connectivity index (χ2v) is 5.01. The lowest BCUT2D eigenvalue weighted by Gasteiger charge is -2.24. The Morgan fingerprint density at radius 2 is 1.74 bits per heavy atom. The molecule has 19 heavy (non-hydrogen) atoms. The van der Waals surface area contributed by atoms with Crippen molar-refractivity contribution in [2.45, 2.75) is 44.4 Å². The summed E-state index contributed by atoms with van der Waals surface area (Å²) in [6.07, 6.45) is 3.69. The van der Waals surface area contributed by atoms with Gasteiger partial charge in [-0.2, -0.15) is 8.78 Å². The van der Waals surface area contributed by atoms with Crippen molar-refractivity contribution >= 4 is 0 Å². The number of halogens is 2. The molecular weight excluding hydrogens is 252 g/mol. The maximum Gasteiger partial charge on any atom is 0.387 e. The van der Waals surface area contributed by atoms with E-state index in [1.807, 2.05) is 0 Å². The lowest BCUT2D eigenvalue weighted by atomic mass is 9.91. The van der Waals surface area contributed by atoms with E-state index < -0.39 is 18.8 Å². The maximum absolute atomic E-state index is 12.0. The van der Waals surface area contributed by atoms with E-state index in [0.29, 0.717) is 0 Å². The lowest BCUT2D eigenvalue weighted by molar-refractivity contribution is -0.0498. The summed E-state index contributed by atoms with van der Waals surface area (Å²) in [5.41, 5.74) is 6.77. The van der Waals surface area contributed by atoms with Crippen molar-refractivity contribution in [2.75, 3.05) is 0 Å². The number of hydrogen-bond acceptors (Lipinski definition) is 3. The summed E-state index contributed by atoms with van der Waals surface area (Å²) in [4.78, 5) is 0. The number of hydrogen-bond donors (Lipinski definition) is 2. The molecule has 3 nitrogen and oxygen atoms in total. The molecule has 1 aliphatic carbocycles. The molecule has 0 bridgehead atoms. The topological polar surface area (TPSA) is 55.5 Å². The molecule has 3 N–H and O–H groups in total. The Balaban J connectivity index is 2.00. The predicted octanol–water partition coefficient (Wildman–Crippen LogP) is 2.84. The van der Waals surface area contributed by atoms with Crippen molar-refractivity contribution in [3.8, 4) is 5.75 Å². The van der Waals surface area contributed by atoms with Gasteiger partial charge in [0.1, 0.15) is 5.75 Å². The Labute approximate surface area is 111 Å². The standard InChI is InChI=1S/C14H19F2NO2/c15-14(16)19-11-7-5-9(6-8-11)12(17)13(18)10-3-1-2-4-10/h5-8,10,12-14,18H,1-4,17H2/t12-,13+/m1/s1. The van der Waals surface area contributed by atoms with Crippen LogP contribution in [0.5, 0.6) is 5.75 Å². The third-order valence-electron chi connectivity index (χ3n) is 3.74. The molecule has 0 amide bonds. The summed E-state index contributed by atoms with van der Waals surface area (Å²) in [7, 11) is 0. The van der Waals surface area contributed by atoms with E-state index in [2.05, 4.69) is 4.74 Å². The van der Waals surface area contributed by atoms with Gasteiger partial charge in [-0.25, -0.2) is 0 Å². The molecule has 1 fully saturated rings. The lowest BCUT2D eigenvalue weighted by Crippen LogP contribution is -2.31. The minimum Gasteiger partial charge on any atom is -0.435 e. The van der Waals surface area contributed by atoms with Gasteiger partial charge < -0.3 is 15.6 Å². The first kappa shape index (κ1) is 14.2. The molecule has 1 aliphatic rings. The van der Waals surface area contributed by atoms with Crippen LogP contribution in [0.2, 0.25) is 0 Å². The van der Waals surface area contributed by atoms with E-state index in [-0.39, 0.29) is 11.7 Å². The molecule has 0 aliphatic heterocycles. The van der Waals surface area contributed by atoms with Crippen molar-refractivity contribution in [2.24, 2.45) is 11.7 Å². The number of rotatable bonds is 5. The highest BCUT2D eigenvalue weighted by molar-refractivity contribution is 5.29. The van der Waals surface area contributed by atoms with Gasteiger partial charge in [-0.3, -0.25) is 0 Å². The minimum atomic E-state index is -2.83. The Bertz CT molecular complexity index is 391. The summed E-state index contributed by atoms with van der Waals surface area (Å²) in [5.74, 6) is 0.341. The van der Waals surface area contributed by atoms with Crippen molar-refractivity contribution in [1.29, 1.82) is 0 Å². The van der Waals surface area contributed by atoms with Crippen LogP contribution in [0, 0.1) is 5.92 Å². The minimum absolute atomic E-state index is 0.0984. The highest BCUT2D eigenvalue weighted by Gasteiger charge is 2.28. The number of aliphatic hydroxyl groups is 1. The first-order valence-corrected chi connectivity index (χ1v) is 6.56. The zero-order valence-corrected chi connectivity index (χ0v) is 10.6. The fraction of sp³-hybridized carbons (Fsp3) is 0.571. The average molecular weight is 271 g/mol. The SMILES string of the molecule is N[C@H](c1ccc(OC(F)F)cc1)[C@@H](O)C1CCCC1. The van der Waals surface area contributed by atoms with E-state index in [9.17, 15) is 13.9 Å². The third-order valence-corrected chi connectivity index (χ3v) is 3.74. The van der Waals surface area contributed by atoms with E-state index in [1.165, 1.54) is 12.1 Å². The monoisotopic (exact) mass is 271 g/mol. The Morgan fingerprint density at radius 3 is 2.26 bits per heavy atom. The highest BCUT2D eigenvalue weighted by Crippen LogP contribution is 2.32. The van der Waals surface area contributed by atoms with Crippen molar-refractivity contribution in [1.82, 2.24) is 0 Å². The zero-order valence-electron chi connectivity index (χ0n) is 10.6. The third kappa shape index (κ3) is 3.64. The van der Waals surface area contributed by atoms with Crippen LogP contribution in [0.1, 0.15) is 37.3 Å². The van der Waals surface area contributed by atoms with Crippen molar-refractivity contribution in [3.05, 3.63) is 29.8 Å². The van der Waals surface area contributed by atoms with Crippen LogP contribution >= 0.6 is 0 Å². The van der Waals surface area contributed by atoms with E-state index in [4.69, 9.17) is 5.73 Å². The summed E-state index contributed by atoms with van der Waals surface area (Å²) < 4.78 is 28.3. The largest absolute Gasteiger partial charge is 0.435 e. The Hall–Kier alpha value is -1.20. The van der Waals surface area contributed by atoms with E-state index >= 15 is 0 Å². The molecule has 2 rings (SSSR count). The first-order valence-electron chi connectivity index (χ1n) is 6.56. The van der Waals surface area contributed by atoms with Crippen LogP contribution in [0.4, 0.5) is 8.78 Å². The number of ether oxygens (including phenoxy) is 1. The van der Waals surface area contributed by atoms with Gasteiger partial charge in [0.15, 0.2) is 0 Å². The summed E-state index contributed by atoms with van der Waals surface area (Å²) in [6.45, 7) is -2.83. The average Bonchev–Trinajstić information content (AvgIpc) is 2.91. The molecule has 106 valence electrons. The predicted molar refractivity (Wildman–Crippen MR) is 68.0 cm³/mol. The quantitative estimate of drug-likeness (QED) is 0.865. The number of nitrogens with two attached hydrogens (primary N) is 1. The number of aliphatic hydroxyl groups excluding tert-OH is 1. The van der Waals surface area contributed by atoms with Crippen LogP contribution in [0.3, 0.4) is 0 Å². The molecular formula is C14H19F2NO2. The highest BCUT2D eigenvalue weighted by atomic mass is 19.3. The maximum atomic E-state index is 12.0. The van der Waals surface area contributed by atoms with Crippen LogP contribution < -0.4 is 10.5 Å². The van der Waals surface area contributed by atoms with Gasteiger partial charge in [-0.05, 0) is 36.5 Å². The molecule has 0 radical (unpaired) electrons. The van der Waals surface area contributed by atoms with Crippen LogP contribution in [-0.2, 0) is 0 Å². The Kier molecular flexibility index (Phi) is 4.71. The van der Waals surface area contributed by atoms with Gasteiger partial charge in [0.25, 0.3) is 0 Å². The van der Waals surface area contributed by atoms with Crippen molar-refractivity contribution in [3.63, 3.8) is 0 Å². The fourth-order valence-corrected chi connectivity index (χ4v) is 2.66. The van der Waals surface area contributed by atoms with Gasteiger partial charge in [-0.1, -0.05) is 25.0 Å². The van der Waals surface area contributed by atoms with E-state index in [0.717, 1.165) is 31.2 Å². The molecule has 0 heterocycles. The smallest absolute Gasteiger partial charge is 0.387 e. The van der Waals surface area contributed by atoms with Crippen LogP contribution in [0.25, 0.3) is 0 Å². The molecule has 5 heteroatoms. The second kappa shape index (κ2) is 6.30. The first-order chi connectivity index (χ1) is 9.08. The fourth-order valence-electron chi connectivity index (χ4n) is 2.66. The van der Waals surface area contributed by atoms with Gasteiger partial charge in [0.2, 0.25) is 0 Å². The summed E-state index contributed by atoms with van der Waals surface area (Å²) >= 11 is 0. The number of benzene rings is 1. The molecule has 0 saturated heterocycles. The summed E-state index contributed by atoms with van der Waals surface area (Å²) in [5, 5.41) is 10.2. The molecule has 2 atom stereocenters. The normalized spacial score (nSPS) is 19.6. The van der Waals surface area contributed by atoms with Gasteiger partial charge in [0.05, 0.1) is 12.1 Å².